The van der Waals surface area contributed by atoms with E-state index in [-0.39, 0.29) is 5.69 Å². The molecule has 0 spiro atoms. The van der Waals surface area contributed by atoms with E-state index in [1.807, 2.05) is 22.8 Å². The Morgan fingerprint density at radius 1 is 1.14 bits per heavy atom. The fourth-order valence-corrected chi connectivity index (χ4v) is 3.99. The predicted molar refractivity (Wildman–Crippen MR) is 103 cm³/mol. The summed E-state index contributed by atoms with van der Waals surface area (Å²) in [5.74, 6) is -0.425. The van der Waals surface area contributed by atoms with Gasteiger partial charge in [0.15, 0.2) is 5.16 Å². The van der Waals surface area contributed by atoms with Crippen LogP contribution in [-0.2, 0) is 11.0 Å². The molecule has 0 saturated heterocycles. The van der Waals surface area contributed by atoms with E-state index in [2.05, 4.69) is 15.5 Å². The summed E-state index contributed by atoms with van der Waals surface area (Å²) in [6, 6.07) is 14.0. The highest BCUT2D eigenvalue weighted by molar-refractivity contribution is 8.00. The summed E-state index contributed by atoms with van der Waals surface area (Å²) >= 11 is 1.24. The second-order valence-electron chi connectivity index (χ2n) is 6.73. The predicted octanol–water partition coefficient (Wildman–Crippen LogP) is 5.10. The number of carbonyl (C=O) groups is 1. The zero-order valence-corrected chi connectivity index (χ0v) is 16.0. The van der Waals surface area contributed by atoms with Crippen LogP contribution in [0.15, 0.2) is 66.1 Å². The van der Waals surface area contributed by atoms with Gasteiger partial charge in [0.05, 0.1) is 5.56 Å². The molecule has 150 valence electrons. The first kappa shape index (κ1) is 19.5. The number of rotatable bonds is 6. The van der Waals surface area contributed by atoms with Crippen LogP contribution in [0.25, 0.3) is 0 Å². The van der Waals surface area contributed by atoms with Crippen LogP contribution in [0.4, 0.5) is 18.9 Å². The Morgan fingerprint density at radius 3 is 2.59 bits per heavy atom. The van der Waals surface area contributed by atoms with Gasteiger partial charge in [0.1, 0.15) is 11.6 Å². The molecule has 0 radical (unpaired) electrons. The Morgan fingerprint density at radius 2 is 1.90 bits per heavy atom. The number of hydrogen-bond acceptors (Lipinski definition) is 4. The Kier molecular flexibility index (Phi) is 5.31. The zero-order valence-electron chi connectivity index (χ0n) is 15.1. The van der Waals surface area contributed by atoms with E-state index in [0.29, 0.717) is 11.2 Å². The molecule has 1 unspecified atom stereocenters. The smallest absolute Gasteiger partial charge is 0.325 e. The Hall–Kier alpha value is -2.81. The molecule has 1 atom stereocenters. The van der Waals surface area contributed by atoms with Gasteiger partial charge in [0.2, 0.25) is 5.91 Å². The third-order valence-corrected chi connectivity index (χ3v) is 5.73. The van der Waals surface area contributed by atoms with E-state index in [0.717, 1.165) is 30.5 Å². The molecule has 4 rings (SSSR count). The second kappa shape index (κ2) is 7.90. The van der Waals surface area contributed by atoms with E-state index in [1.165, 1.54) is 23.9 Å². The molecule has 1 aliphatic carbocycles. The normalized spacial score (nSPS) is 15.1. The largest absolute Gasteiger partial charge is 0.416 e. The first-order valence-electron chi connectivity index (χ1n) is 9.01. The van der Waals surface area contributed by atoms with Crippen LogP contribution < -0.4 is 5.32 Å². The minimum absolute atomic E-state index is 0.0926. The standard InChI is InChI=1S/C20H17F3N4OS/c21-20(22,23)14-7-4-8-15(11-14)25-18(28)17(13-5-2-1-3-6-13)29-19-26-24-12-27(19)16-9-10-16/h1-8,11-12,16-17H,9-10H2,(H,25,28). The number of amides is 1. The number of thioether (sulfide) groups is 1. The van der Waals surface area contributed by atoms with Gasteiger partial charge in [-0.15, -0.1) is 10.2 Å². The van der Waals surface area contributed by atoms with E-state index in [9.17, 15) is 18.0 Å². The summed E-state index contributed by atoms with van der Waals surface area (Å²) in [6.45, 7) is 0. The summed E-state index contributed by atoms with van der Waals surface area (Å²) in [7, 11) is 0. The average Bonchev–Trinajstić information content (AvgIpc) is 3.44. The average molecular weight is 418 g/mol. The molecule has 0 bridgehead atoms. The Bertz CT molecular complexity index is 1000. The topological polar surface area (TPSA) is 59.8 Å². The lowest BCUT2D eigenvalue weighted by molar-refractivity contribution is -0.137. The van der Waals surface area contributed by atoms with Gasteiger partial charge in [-0.1, -0.05) is 48.2 Å². The monoisotopic (exact) mass is 418 g/mol. The molecule has 5 nitrogen and oxygen atoms in total. The lowest BCUT2D eigenvalue weighted by Crippen LogP contribution is -2.20. The minimum atomic E-state index is -4.48. The van der Waals surface area contributed by atoms with Gasteiger partial charge in [-0.05, 0) is 36.6 Å². The van der Waals surface area contributed by atoms with Crippen molar-refractivity contribution in [2.24, 2.45) is 0 Å². The highest BCUT2D eigenvalue weighted by Gasteiger charge is 2.32. The molecule has 1 aromatic heterocycles. The second-order valence-corrected chi connectivity index (χ2v) is 7.80. The molecule has 1 aliphatic rings. The van der Waals surface area contributed by atoms with Crippen LogP contribution in [0.3, 0.4) is 0 Å². The maximum atomic E-state index is 13.0. The van der Waals surface area contributed by atoms with Gasteiger partial charge in [-0.25, -0.2) is 0 Å². The van der Waals surface area contributed by atoms with Gasteiger partial charge >= 0.3 is 6.18 Å². The first-order chi connectivity index (χ1) is 13.9. The fraction of sp³-hybridized carbons (Fsp3) is 0.250. The number of nitrogens with one attached hydrogen (secondary N) is 1. The highest BCUT2D eigenvalue weighted by atomic mass is 32.2. The molecular weight excluding hydrogens is 401 g/mol. The fourth-order valence-electron chi connectivity index (χ4n) is 2.91. The molecule has 3 aromatic rings. The van der Waals surface area contributed by atoms with Crippen molar-refractivity contribution in [3.8, 4) is 0 Å². The number of nitrogens with zero attached hydrogens (tertiary/aromatic N) is 3. The summed E-state index contributed by atoms with van der Waals surface area (Å²) in [4.78, 5) is 13.0. The first-order valence-corrected chi connectivity index (χ1v) is 9.89. The molecule has 29 heavy (non-hydrogen) atoms. The van der Waals surface area contributed by atoms with Crippen LogP contribution in [0.1, 0.15) is 35.3 Å². The summed E-state index contributed by atoms with van der Waals surface area (Å²) in [5.41, 5.74) is 0.00929. The van der Waals surface area contributed by atoms with Crippen molar-refractivity contribution in [1.29, 1.82) is 0 Å². The Balaban J connectivity index is 1.59. The van der Waals surface area contributed by atoms with Crippen molar-refractivity contribution in [3.05, 3.63) is 72.1 Å². The quantitative estimate of drug-likeness (QED) is 0.566. The van der Waals surface area contributed by atoms with E-state index >= 15 is 0 Å². The maximum absolute atomic E-state index is 13.0. The lowest BCUT2D eigenvalue weighted by Gasteiger charge is -2.17. The van der Waals surface area contributed by atoms with Gasteiger partial charge in [0.25, 0.3) is 0 Å². The number of halogens is 3. The molecule has 1 N–H and O–H groups in total. The zero-order chi connectivity index (χ0) is 20.4. The van der Waals surface area contributed by atoms with Crippen LogP contribution in [0.5, 0.6) is 0 Å². The van der Waals surface area contributed by atoms with E-state index in [1.54, 1.807) is 18.5 Å². The number of anilines is 1. The van der Waals surface area contributed by atoms with Gasteiger partial charge < -0.3 is 9.88 Å². The maximum Gasteiger partial charge on any atom is 0.416 e. The molecule has 0 aliphatic heterocycles. The lowest BCUT2D eigenvalue weighted by atomic mass is 10.1. The third kappa shape index (κ3) is 4.61. The van der Waals surface area contributed by atoms with Crippen molar-refractivity contribution in [3.63, 3.8) is 0 Å². The molecule has 1 fully saturated rings. The van der Waals surface area contributed by atoms with E-state index < -0.39 is 22.9 Å². The highest BCUT2D eigenvalue weighted by Crippen LogP contribution is 2.41. The van der Waals surface area contributed by atoms with Crippen LogP contribution in [-0.4, -0.2) is 20.7 Å². The molecular formula is C20H17F3N4OS. The van der Waals surface area contributed by atoms with Gasteiger partial charge in [-0.3, -0.25) is 4.79 Å². The number of hydrogen-bond donors (Lipinski definition) is 1. The van der Waals surface area contributed by atoms with Crippen LogP contribution >= 0.6 is 11.8 Å². The number of benzene rings is 2. The summed E-state index contributed by atoms with van der Waals surface area (Å²) in [6.07, 6.45) is -0.752. The summed E-state index contributed by atoms with van der Waals surface area (Å²) in [5, 5.41) is 10.6. The summed E-state index contributed by atoms with van der Waals surface area (Å²) < 4.78 is 40.9. The van der Waals surface area contributed by atoms with Gasteiger partial charge in [0, 0.05) is 11.7 Å². The number of alkyl halides is 3. The van der Waals surface area contributed by atoms with Crippen LogP contribution in [0, 0.1) is 0 Å². The van der Waals surface area contributed by atoms with Crippen molar-refractivity contribution >= 4 is 23.4 Å². The molecule has 9 heteroatoms. The molecule has 1 amide bonds. The molecule has 1 saturated carbocycles. The van der Waals surface area contributed by atoms with Crippen molar-refractivity contribution in [2.45, 2.75) is 35.5 Å². The van der Waals surface area contributed by atoms with Crippen molar-refractivity contribution in [2.75, 3.05) is 5.32 Å². The minimum Gasteiger partial charge on any atom is -0.325 e. The van der Waals surface area contributed by atoms with E-state index in [4.69, 9.17) is 0 Å². The SMILES string of the molecule is O=C(Nc1cccc(C(F)(F)F)c1)C(Sc1nncn1C1CC1)c1ccccc1. The number of carbonyl (C=O) groups excluding carboxylic acids is 1. The molecule has 2 aromatic carbocycles. The van der Waals surface area contributed by atoms with Crippen molar-refractivity contribution in [1.82, 2.24) is 14.8 Å². The molecule has 1 heterocycles. The number of aromatic nitrogens is 3. The Labute approximate surface area is 169 Å². The van der Waals surface area contributed by atoms with Crippen LogP contribution in [0.2, 0.25) is 0 Å². The van der Waals surface area contributed by atoms with Crippen molar-refractivity contribution < 1.29 is 18.0 Å². The third-order valence-electron chi connectivity index (χ3n) is 4.50. The van der Waals surface area contributed by atoms with Gasteiger partial charge in [-0.2, -0.15) is 13.2 Å².